The van der Waals surface area contributed by atoms with Crippen LogP contribution in [0.3, 0.4) is 0 Å². The molecule has 0 heterocycles. The lowest BCUT2D eigenvalue weighted by molar-refractivity contribution is -0.149. The lowest BCUT2D eigenvalue weighted by atomic mass is 9.90. The van der Waals surface area contributed by atoms with Crippen molar-refractivity contribution >= 4 is 5.97 Å². The van der Waals surface area contributed by atoms with E-state index in [9.17, 15) is 4.79 Å². The molecular weight excluding hydrogens is 228 g/mol. The molecule has 0 aromatic rings. The van der Waals surface area contributed by atoms with Crippen LogP contribution in [0, 0.1) is 0 Å². The van der Waals surface area contributed by atoms with Crippen molar-refractivity contribution in [2.75, 3.05) is 13.1 Å². The number of rotatable bonds is 6. The Kier molecular flexibility index (Phi) is 6.65. The van der Waals surface area contributed by atoms with Gasteiger partial charge in [-0.15, -0.1) is 0 Å². The number of carbonyl (C=O) groups excluding carboxylic acids is 1. The molecule has 106 valence electrons. The van der Waals surface area contributed by atoms with Crippen LogP contribution >= 0.6 is 0 Å². The van der Waals surface area contributed by atoms with Gasteiger partial charge in [0.1, 0.15) is 0 Å². The van der Waals surface area contributed by atoms with E-state index >= 15 is 0 Å². The Hall–Kier alpha value is -0.610. The summed E-state index contributed by atoms with van der Waals surface area (Å²) in [6.07, 6.45) is 5.40. The molecule has 0 amide bonds. The normalized spacial score (nSPS) is 24.6. The van der Waals surface area contributed by atoms with Crippen molar-refractivity contribution in [2.45, 2.75) is 71.1 Å². The van der Waals surface area contributed by atoms with Gasteiger partial charge in [-0.2, -0.15) is 0 Å². The maximum atomic E-state index is 11.8. The molecule has 0 unspecified atom stereocenters. The molecular formula is C14H28N2O2. The minimum Gasteiger partial charge on any atom is -0.462 e. The quantitative estimate of drug-likeness (QED) is 0.738. The van der Waals surface area contributed by atoms with Gasteiger partial charge < -0.3 is 10.5 Å². The summed E-state index contributed by atoms with van der Waals surface area (Å²) in [5.74, 6) is -0.103. The molecule has 0 saturated heterocycles. The molecule has 1 aliphatic carbocycles. The lowest BCUT2D eigenvalue weighted by Crippen LogP contribution is -2.44. The van der Waals surface area contributed by atoms with Gasteiger partial charge in [0.25, 0.3) is 0 Å². The second-order valence-corrected chi connectivity index (χ2v) is 5.58. The number of esters is 1. The van der Waals surface area contributed by atoms with E-state index < -0.39 is 0 Å². The molecule has 0 aromatic carbocycles. The molecule has 0 spiro atoms. The summed E-state index contributed by atoms with van der Waals surface area (Å²) in [5.41, 5.74) is 5.93. The molecule has 0 bridgehead atoms. The highest BCUT2D eigenvalue weighted by molar-refractivity contribution is 5.71. The van der Waals surface area contributed by atoms with E-state index in [1.165, 1.54) is 0 Å². The van der Waals surface area contributed by atoms with Gasteiger partial charge in [0.05, 0.1) is 12.6 Å². The highest BCUT2D eigenvalue weighted by Crippen LogP contribution is 2.22. The third-order valence-corrected chi connectivity index (χ3v) is 3.47. The van der Waals surface area contributed by atoms with Crippen molar-refractivity contribution in [1.29, 1.82) is 0 Å². The van der Waals surface area contributed by atoms with E-state index in [4.69, 9.17) is 10.5 Å². The van der Waals surface area contributed by atoms with Gasteiger partial charge in [-0.25, -0.2) is 0 Å². The molecule has 1 fully saturated rings. The molecule has 4 nitrogen and oxygen atoms in total. The number of nitrogens with zero attached hydrogens (tertiary/aromatic N) is 1. The molecule has 0 aliphatic heterocycles. The first kappa shape index (κ1) is 15.4. The second kappa shape index (κ2) is 7.74. The van der Waals surface area contributed by atoms with E-state index in [2.05, 4.69) is 11.8 Å². The second-order valence-electron chi connectivity index (χ2n) is 5.58. The first-order valence-electron chi connectivity index (χ1n) is 7.22. The zero-order valence-electron chi connectivity index (χ0n) is 12.0. The predicted molar refractivity (Wildman–Crippen MR) is 73.3 cm³/mol. The summed E-state index contributed by atoms with van der Waals surface area (Å²) in [4.78, 5) is 14.0. The van der Waals surface area contributed by atoms with Crippen molar-refractivity contribution in [1.82, 2.24) is 4.90 Å². The molecule has 18 heavy (non-hydrogen) atoms. The molecule has 0 radical (unpaired) electrons. The van der Waals surface area contributed by atoms with Gasteiger partial charge in [0.15, 0.2) is 0 Å². The van der Waals surface area contributed by atoms with Crippen LogP contribution in [0.5, 0.6) is 0 Å². The van der Waals surface area contributed by atoms with Crippen molar-refractivity contribution in [3.63, 3.8) is 0 Å². The molecule has 1 saturated carbocycles. The van der Waals surface area contributed by atoms with Gasteiger partial charge in [-0.3, -0.25) is 9.69 Å². The maximum absolute atomic E-state index is 11.8. The predicted octanol–water partition coefficient (Wildman–Crippen LogP) is 1.92. The van der Waals surface area contributed by atoms with Gasteiger partial charge in [0.2, 0.25) is 0 Å². The van der Waals surface area contributed by atoms with Gasteiger partial charge in [-0.1, -0.05) is 6.92 Å². The largest absolute Gasteiger partial charge is 0.462 e. The standard InChI is InChI=1S/C14H28N2O2/c1-4-9-16(10-14(17)18-11(2)3)13-7-5-12(15)6-8-13/h11-13H,4-10,15H2,1-3H3. The fourth-order valence-corrected chi connectivity index (χ4v) is 2.61. The molecule has 1 rings (SSSR count). The molecule has 1 aliphatic rings. The summed E-state index contributed by atoms with van der Waals surface area (Å²) in [6.45, 7) is 7.32. The van der Waals surface area contributed by atoms with Crippen LogP contribution in [-0.4, -0.2) is 42.1 Å². The van der Waals surface area contributed by atoms with Crippen LogP contribution in [0.15, 0.2) is 0 Å². The van der Waals surface area contributed by atoms with Crippen molar-refractivity contribution in [3.8, 4) is 0 Å². The van der Waals surface area contributed by atoms with E-state index in [0.717, 1.165) is 38.6 Å². The van der Waals surface area contributed by atoms with E-state index in [-0.39, 0.29) is 12.1 Å². The van der Waals surface area contributed by atoms with Gasteiger partial charge in [-0.05, 0) is 52.5 Å². The zero-order valence-corrected chi connectivity index (χ0v) is 12.0. The molecule has 4 heteroatoms. The number of hydrogen-bond acceptors (Lipinski definition) is 4. The van der Waals surface area contributed by atoms with Gasteiger partial charge in [0, 0.05) is 12.1 Å². The number of hydrogen-bond donors (Lipinski definition) is 1. The number of nitrogens with two attached hydrogens (primary N) is 1. The third-order valence-electron chi connectivity index (χ3n) is 3.47. The Balaban J connectivity index is 2.46. The topological polar surface area (TPSA) is 55.6 Å². The monoisotopic (exact) mass is 256 g/mol. The summed E-state index contributed by atoms with van der Waals surface area (Å²) < 4.78 is 5.23. The Morgan fingerprint density at radius 3 is 2.44 bits per heavy atom. The van der Waals surface area contributed by atoms with E-state index in [0.29, 0.717) is 18.6 Å². The van der Waals surface area contributed by atoms with Crippen LogP contribution in [0.1, 0.15) is 52.9 Å². The summed E-state index contributed by atoms with van der Waals surface area (Å²) in [5, 5.41) is 0. The van der Waals surface area contributed by atoms with E-state index in [1.54, 1.807) is 0 Å². The first-order chi connectivity index (χ1) is 8.52. The van der Waals surface area contributed by atoms with Crippen LogP contribution in [-0.2, 0) is 9.53 Å². The van der Waals surface area contributed by atoms with Crippen molar-refractivity contribution < 1.29 is 9.53 Å². The molecule has 2 N–H and O–H groups in total. The first-order valence-corrected chi connectivity index (χ1v) is 7.22. The highest BCUT2D eigenvalue weighted by Gasteiger charge is 2.25. The van der Waals surface area contributed by atoms with Crippen LogP contribution in [0.25, 0.3) is 0 Å². The third kappa shape index (κ3) is 5.36. The molecule has 0 aromatic heterocycles. The summed E-state index contributed by atoms with van der Waals surface area (Å²) in [7, 11) is 0. The fraction of sp³-hybridized carbons (Fsp3) is 0.929. The van der Waals surface area contributed by atoms with Crippen molar-refractivity contribution in [2.24, 2.45) is 5.73 Å². The Morgan fingerprint density at radius 2 is 1.94 bits per heavy atom. The average molecular weight is 256 g/mol. The van der Waals surface area contributed by atoms with E-state index in [1.807, 2.05) is 13.8 Å². The minimum absolute atomic E-state index is 0.0271. The zero-order chi connectivity index (χ0) is 13.5. The fourth-order valence-electron chi connectivity index (χ4n) is 2.61. The Bertz CT molecular complexity index is 248. The summed E-state index contributed by atoms with van der Waals surface area (Å²) in [6, 6.07) is 0.858. The minimum atomic E-state index is -0.103. The summed E-state index contributed by atoms with van der Waals surface area (Å²) >= 11 is 0. The van der Waals surface area contributed by atoms with Crippen LogP contribution in [0.4, 0.5) is 0 Å². The average Bonchev–Trinajstić information content (AvgIpc) is 2.28. The van der Waals surface area contributed by atoms with Gasteiger partial charge >= 0.3 is 5.97 Å². The Morgan fingerprint density at radius 1 is 1.33 bits per heavy atom. The van der Waals surface area contributed by atoms with Crippen LogP contribution in [0.2, 0.25) is 0 Å². The maximum Gasteiger partial charge on any atom is 0.320 e. The van der Waals surface area contributed by atoms with Crippen molar-refractivity contribution in [3.05, 3.63) is 0 Å². The molecule has 0 atom stereocenters. The highest BCUT2D eigenvalue weighted by atomic mass is 16.5. The number of ether oxygens (including phenoxy) is 1. The lowest BCUT2D eigenvalue weighted by Gasteiger charge is -2.35. The Labute approximate surface area is 111 Å². The number of carbonyl (C=O) groups is 1. The van der Waals surface area contributed by atoms with Crippen LogP contribution < -0.4 is 5.73 Å². The smallest absolute Gasteiger partial charge is 0.320 e. The SMILES string of the molecule is CCCN(CC(=O)OC(C)C)C1CCC(N)CC1.